The molecule has 3 rings (SSSR count). The maximum absolute atomic E-state index is 12.1. The zero-order valence-corrected chi connectivity index (χ0v) is 12.2. The lowest BCUT2D eigenvalue weighted by atomic mass is 10.1. The van der Waals surface area contributed by atoms with Crippen LogP contribution in [0, 0.1) is 0 Å². The van der Waals surface area contributed by atoms with Crippen LogP contribution in [0.3, 0.4) is 0 Å². The van der Waals surface area contributed by atoms with Crippen LogP contribution in [0.1, 0.15) is 18.4 Å². The van der Waals surface area contributed by atoms with E-state index in [4.69, 9.17) is 0 Å². The number of aliphatic hydroxyl groups excluding tert-OH is 1. The van der Waals surface area contributed by atoms with Gasteiger partial charge in [-0.05, 0) is 18.4 Å². The zero-order chi connectivity index (χ0) is 14.7. The molecule has 114 valence electrons. The number of amides is 1. The van der Waals surface area contributed by atoms with Crippen LogP contribution < -0.4 is 10.6 Å². The standard InChI is InChI=1S/C16H23N3O2/c20-14-8-15(17-9-14)16(21)18-13-6-7-19(11-13)10-12-4-2-1-3-5-12/h1-5,13-15,17,20H,6-11H2,(H,18,21). The quantitative estimate of drug-likeness (QED) is 0.735. The number of likely N-dealkylation sites (tertiary alicyclic amines) is 1. The normalized spacial score (nSPS) is 29.7. The van der Waals surface area contributed by atoms with Gasteiger partial charge in [0.1, 0.15) is 0 Å². The Balaban J connectivity index is 1.45. The number of rotatable bonds is 4. The molecule has 5 heteroatoms. The van der Waals surface area contributed by atoms with Crippen molar-refractivity contribution < 1.29 is 9.90 Å². The highest BCUT2D eigenvalue weighted by molar-refractivity contribution is 5.82. The SMILES string of the molecule is O=C(NC1CCN(Cc2ccccc2)C1)C1CC(O)CN1. The number of carbonyl (C=O) groups excluding carboxylic acids is 1. The fourth-order valence-electron chi connectivity index (χ4n) is 3.15. The van der Waals surface area contributed by atoms with Gasteiger partial charge < -0.3 is 15.7 Å². The van der Waals surface area contributed by atoms with Crippen molar-refractivity contribution in [3.8, 4) is 0 Å². The molecule has 1 amide bonds. The van der Waals surface area contributed by atoms with Crippen LogP contribution in [0.5, 0.6) is 0 Å². The van der Waals surface area contributed by atoms with Gasteiger partial charge in [0.05, 0.1) is 12.1 Å². The van der Waals surface area contributed by atoms with Gasteiger partial charge in [0.15, 0.2) is 0 Å². The Morgan fingerprint density at radius 3 is 2.90 bits per heavy atom. The van der Waals surface area contributed by atoms with Crippen molar-refractivity contribution in [3.05, 3.63) is 35.9 Å². The Morgan fingerprint density at radius 1 is 1.38 bits per heavy atom. The topological polar surface area (TPSA) is 64.6 Å². The number of nitrogens with zero attached hydrogens (tertiary/aromatic N) is 1. The second-order valence-electron chi connectivity index (χ2n) is 6.07. The Labute approximate surface area is 125 Å². The minimum absolute atomic E-state index is 0.0260. The van der Waals surface area contributed by atoms with E-state index in [-0.39, 0.29) is 24.1 Å². The fraction of sp³-hybridized carbons (Fsp3) is 0.562. The summed E-state index contributed by atoms with van der Waals surface area (Å²) >= 11 is 0. The molecule has 2 aliphatic heterocycles. The second kappa shape index (κ2) is 6.56. The van der Waals surface area contributed by atoms with Gasteiger partial charge in [-0.25, -0.2) is 0 Å². The number of aliphatic hydroxyl groups is 1. The summed E-state index contributed by atoms with van der Waals surface area (Å²) in [7, 11) is 0. The zero-order valence-electron chi connectivity index (χ0n) is 12.2. The lowest BCUT2D eigenvalue weighted by Gasteiger charge is -2.18. The summed E-state index contributed by atoms with van der Waals surface area (Å²) < 4.78 is 0. The van der Waals surface area contributed by atoms with Crippen LogP contribution in [-0.2, 0) is 11.3 Å². The molecule has 0 aliphatic carbocycles. The van der Waals surface area contributed by atoms with E-state index in [1.165, 1.54) is 5.56 Å². The van der Waals surface area contributed by atoms with E-state index in [1.54, 1.807) is 0 Å². The van der Waals surface area contributed by atoms with Gasteiger partial charge in [-0.2, -0.15) is 0 Å². The highest BCUT2D eigenvalue weighted by Crippen LogP contribution is 2.14. The van der Waals surface area contributed by atoms with Crippen molar-refractivity contribution in [3.63, 3.8) is 0 Å². The molecule has 21 heavy (non-hydrogen) atoms. The number of hydrogen-bond acceptors (Lipinski definition) is 4. The fourth-order valence-corrected chi connectivity index (χ4v) is 3.15. The molecule has 0 saturated carbocycles. The summed E-state index contributed by atoms with van der Waals surface area (Å²) in [6, 6.07) is 10.4. The van der Waals surface area contributed by atoms with Crippen molar-refractivity contribution in [2.75, 3.05) is 19.6 Å². The van der Waals surface area contributed by atoms with Gasteiger partial charge in [0.2, 0.25) is 5.91 Å². The first kappa shape index (κ1) is 14.5. The number of hydrogen-bond donors (Lipinski definition) is 3. The maximum atomic E-state index is 12.1. The number of β-amino-alcohol motifs (C(OH)–C–C–N with tert-alkyl or cyclic N) is 1. The first-order valence-electron chi connectivity index (χ1n) is 7.69. The van der Waals surface area contributed by atoms with Gasteiger partial charge >= 0.3 is 0 Å². The van der Waals surface area contributed by atoms with Crippen molar-refractivity contribution in [2.45, 2.75) is 37.6 Å². The van der Waals surface area contributed by atoms with Gasteiger partial charge in [-0.3, -0.25) is 9.69 Å². The highest BCUT2D eigenvalue weighted by atomic mass is 16.3. The molecule has 0 radical (unpaired) electrons. The third kappa shape index (κ3) is 3.81. The van der Waals surface area contributed by atoms with E-state index < -0.39 is 0 Å². The average molecular weight is 289 g/mol. The summed E-state index contributed by atoms with van der Waals surface area (Å²) in [6.45, 7) is 3.37. The van der Waals surface area contributed by atoms with Crippen LogP contribution in [0.4, 0.5) is 0 Å². The summed E-state index contributed by atoms with van der Waals surface area (Å²) in [5.74, 6) is 0.0260. The second-order valence-corrected chi connectivity index (χ2v) is 6.07. The van der Waals surface area contributed by atoms with Crippen LogP contribution >= 0.6 is 0 Å². The van der Waals surface area contributed by atoms with Crippen LogP contribution in [-0.4, -0.2) is 53.7 Å². The van der Waals surface area contributed by atoms with E-state index in [1.807, 2.05) is 6.07 Å². The largest absolute Gasteiger partial charge is 0.392 e. The Morgan fingerprint density at radius 2 is 2.19 bits per heavy atom. The van der Waals surface area contributed by atoms with Crippen LogP contribution in [0.2, 0.25) is 0 Å². The summed E-state index contributed by atoms with van der Waals surface area (Å²) in [4.78, 5) is 14.5. The van der Waals surface area contributed by atoms with E-state index in [0.717, 1.165) is 26.1 Å². The molecular weight excluding hydrogens is 266 g/mol. The van der Waals surface area contributed by atoms with Crippen molar-refractivity contribution in [1.29, 1.82) is 0 Å². The molecule has 1 aromatic carbocycles. The average Bonchev–Trinajstić information content (AvgIpc) is 3.09. The molecule has 1 aromatic rings. The van der Waals surface area contributed by atoms with Crippen LogP contribution in [0.15, 0.2) is 30.3 Å². The minimum Gasteiger partial charge on any atom is -0.392 e. The molecule has 2 fully saturated rings. The molecule has 0 spiro atoms. The number of benzene rings is 1. The van der Waals surface area contributed by atoms with Crippen molar-refractivity contribution >= 4 is 5.91 Å². The molecule has 0 bridgehead atoms. The molecule has 5 nitrogen and oxygen atoms in total. The van der Waals surface area contributed by atoms with Gasteiger partial charge in [0, 0.05) is 32.2 Å². The monoisotopic (exact) mass is 289 g/mol. The molecule has 2 aliphatic rings. The summed E-state index contributed by atoms with van der Waals surface area (Å²) in [5, 5.41) is 15.6. The maximum Gasteiger partial charge on any atom is 0.237 e. The van der Waals surface area contributed by atoms with Crippen molar-refractivity contribution in [2.24, 2.45) is 0 Å². The lowest BCUT2D eigenvalue weighted by Crippen LogP contribution is -2.46. The number of carbonyl (C=O) groups is 1. The first-order chi connectivity index (χ1) is 10.2. The molecule has 3 unspecified atom stereocenters. The Bertz CT molecular complexity index is 480. The third-order valence-electron chi connectivity index (χ3n) is 4.29. The summed E-state index contributed by atoms with van der Waals surface area (Å²) in [5.41, 5.74) is 1.31. The summed E-state index contributed by atoms with van der Waals surface area (Å²) in [6.07, 6.45) is 1.12. The molecule has 0 aromatic heterocycles. The van der Waals surface area contributed by atoms with Gasteiger partial charge in [-0.1, -0.05) is 30.3 Å². The third-order valence-corrected chi connectivity index (χ3v) is 4.29. The minimum atomic E-state index is -0.390. The molecule has 2 saturated heterocycles. The van der Waals surface area contributed by atoms with Gasteiger partial charge in [0.25, 0.3) is 0 Å². The lowest BCUT2D eigenvalue weighted by molar-refractivity contribution is -0.123. The van der Waals surface area contributed by atoms with E-state index in [9.17, 15) is 9.90 Å². The smallest absolute Gasteiger partial charge is 0.237 e. The predicted octanol–water partition coefficient (Wildman–Crippen LogP) is 0.0999. The van der Waals surface area contributed by atoms with E-state index >= 15 is 0 Å². The molecule has 3 N–H and O–H groups in total. The Kier molecular flexibility index (Phi) is 4.53. The number of nitrogens with one attached hydrogen (secondary N) is 2. The highest BCUT2D eigenvalue weighted by Gasteiger charge is 2.31. The van der Waals surface area contributed by atoms with Crippen molar-refractivity contribution in [1.82, 2.24) is 15.5 Å². The van der Waals surface area contributed by atoms with E-state index in [2.05, 4.69) is 39.8 Å². The molecule has 3 atom stereocenters. The van der Waals surface area contributed by atoms with Gasteiger partial charge in [-0.15, -0.1) is 0 Å². The Hall–Kier alpha value is -1.43. The van der Waals surface area contributed by atoms with Crippen LogP contribution in [0.25, 0.3) is 0 Å². The molecular formula is C16H23N3O2. The van der Waals surface area contributed by atoms with E-state index in [0.29, 0.717) is 13.0 Å². The first-order valence-corrected chi connectivity index (χ1v) is 7.69. The predicted molar refractivity (Wildman–Crippen MR) is 80.7 cm³/mol. The molecule has 2 heterocycles.